The second kappa shape index (κ2) is 12.5. The van der Waals surface area contributed by atoms with Crippen LogP contribution in [0.4, 0.5) is 0 Å². The molecular weight excluding hydrogens is 602 g/mol. The van der Waals surface area contributed by atoms with Crippen LogP contribution in [0.2, 0.25) is 0 Å². The highest BCUT2D eigenvalue weighted by Crippen LogP contribution is 2.52. The van der Waals surface area contributed by atoms with Gasteiger partial charge in [-0.05, 0) is 44.5 Å². The van der Waals surface area contributed by atoms with E-state index in [1.807, 2.05) is 49.0 Å². The van der Waals surface area contributed by atoms with Gasteiger partial charge in [0.25, 0.3) is 5.91 Å². The zero-order valence-electron chi connectivity index (χ0n) is 25.3. The number of carbonyl (C=O) groups is 2. The normalized spacial score (nSPS) is 15.3. The van der Waals surface area contributed by atoms with Gasteiger partial charge in [-0.15, -0.1) is 11.3 Å². The van der Waals surface area contributed by atoms with Crippen molar-refractivity contribution in [2.75, 3.05) is 27.6 Å². The Morgan fingerprint density at radius 3 is 2.60 bits per heavy atom. The van der Waals surface area contributed by atoms with Gasteiger partial charge in [-0.2, -0.15) is 5.10 Å². The van der Waals surface area contributed by atoms with E-state index in [9.17, 15) is 9.59 Å². The first kappa shape index (κ1) is 29.9. The van der Waals surface area contributed by atoms with Gasteiger partial charge in [-0.1, -0.05) is 5.16 Å². The molecule has 0 radical (unpaired) electrons. The Balaban J connectivity index is 1.34. The van der Waals surface area contributed by atoms with E-state index in [0.717, 1.165) is 27.2 Å². The van der Waals surface area contributed by atoms with Gasteiger partial charge in [0, 0.05) is 47.4 Å². The van der Waals surface area contributed by atoms with Crippen molar-refractivity contribution in [3.8, 4) is 28.7 Å². The Bertz CT molecular complexity index is 1850. The Kier molecular flexibility index (Phi) is 8.30. The fourth-order valence-electron chi connectivity index (χ4n) is 5.51. The minimum absolute atomic E-state index is 0.0318. The molecule has 1 atom stereocenters. The number of nitrogens with zero attached hydrogens (tertiary/aromatic N) is 4. The van der Waals surface area contributed by atoms with Crippen molar-refractivity contribution < 1.29 is 38.1 Å². The molecule has 2 aliphatic rings. The minimum atomic E-state index is -0.527. The maximum atomic E-state index is 13.7. The highest BCUT2D eigenvalue weighted by atomic mass is 32.1. The van der Waals surface area contributed by atoms with Crippen molar-refractivity contribution in [2.24, 2.45) is 10.3 Å². The number of nitrogens with one attached hydrogen (secondary N) is 1. The summed E-state index contributed by atoms with van der Waals surface area (Å²) in [5.41, 5.74) is 6.57. The van der Waals surface area contributed by atoms with Crippen LogP contribution in [0, 0.1) is 13.8 Å². The van der Waals surface area contributed by atoms with E-state index in [0.29, 0.717) is 39.0 Å². The fourth-order valence-corrected chi connectivity index (χ4v) is 6.69. The molecule has 1 amide bonds. The smallest absolute Gasteiger partial charge is 0.356 e. The van der Waals surface area contributed by atoms with Gasteiger partial charge in [-0.25, -0.2) is 15.2 Å². The standard InChI is InChI=1S/C31H31N5O8S/c1-6-41-31(38)21-13-18(44-35-21)12-19-20(25(40-5)27-26(24(19)39-4)42-15-43-27)14-32-34-29(37)28-23(36-9-7-8-10-36)22-16(2)11-17(3)33-30(22)45-28/h7-11,14,18H,6,12-13,15H2,1-5H3,(H,34,37)/b32-14+. The summed E-state index contributed by atoms with van der Waals surface area (Å²) in [5.74, 6) is 0.509. The van der Waals surface area contributed by atoms with Crippen LogP contribution in [0.1, 0.15) is 45.4 Å². The number of aromatic nitrogens is 2. The number of ether oxygens (including phenoxy) is 5. The molecule has 1 unspecified atom stereocenters. The topological polar surface area (TPSA) is 144 Å². The number of amides is 1. The molecule has 5 heterocycles. The second-order valence-electron chi connectivity index (χ2n) is 10.2. The van der Waals surface area contributed by atoms with Crippen molar-refractivity contribution in [3.05, 3.63) is 57.9 Å². The third-order valence-corrected chi connectivity index (χ3v) is 8.42. The van der Waals surface area contributed by atoms with Crippen LogP contribution < -0.4 is 24.4 Å². The van der Waals surface area contributed by atoms with Gasteiger partial charge < -0.3 is 33.1 Å². The third kappa shape index (κ3) is 5.52. The Morgan fingerprint density at radius 2 is 1.89 bits per heavy atom. The predicted octanol–water partition coefficient (Wildman–Crippen LogP) is 4.46. The van der Waals surface area contributed by atoms with E-state index in [4.69, 9.17) is 28.5 Å². The van der Waals surface area contributed by atoms with Crippen LogP contribution in [0.25, 0.3) is 15.9 Å². The van der Waals surface area contributed by atoms with Gasteiger partial charge in [0.05, 0.1) is 32.7 Å². The van der Waals surface area contributed by atoms with E-state index >= 15 is 0 Å². The average molecular weight is 634 g/mol. The zero-order chi connectivity index (χ0) is 31.7. The molecule has 0 saturated heterocycles. The summed E-state index contributed by atoms with van der Waals surface area (Å²) in [6, 6.07) is 5.79. The predicted molar refractivity (Wildman–Crippen MR) is 166 cm³/mol. The van der Waals surface area contributed by atoms with Gasteiger partial charge in [0.1, 0.15) is 15.8 Å². The number of methoxy groups -OCH3 is 2. The average Bonchev–Trinajstić information content (AvgIpc) is 3.83. The molecule has 4 aromatic rings. The zero-order valence-corrected chi connectivity index (χ0v) is 26.1. The minimum Gasteiger partial charge on any atom is -0.492 e. The number of hydrogen-bond acceptors (Lipinski definition) is 12. The molecule has 0 saturated carbocycles. The number of oxime groups is 1. The summed E-state index contributed by atoms with van der Waals surface area (Å²) in [4.78, 5) is 37.4. The molecule has 45 heavy (non-hydrogen) atoms. The molecule has 2 aliphatic heterocycles. The molecule has 13 nitrogen and oxygen atoms in total. The number of esters is 1. The molecular formula is C31H31N5O8S. The van der Waals surface area contributed by atoms with Gasteiger partial charge in [0.15, 0.2) is 17.2 Å². The molecule has 1 aromatic carbocycles. The highest BCUT2D eigenvalue weighted by Gasteiger charge is 2.35. The summed E-state index contributed by atoms with van der Waals surface area (Å²) in [5, 5.41) is 9.17. The summed E-state index contributed by atoms with van der Waals surface area (Å²) in [7, 11) is 3.00. The first-order valence-corrected chi connectivity index (χ1v) is 15.0. The number of benzene rings is 1. The Morgan fingerprint density at radius 1 is 1.16 bits per heavy atom. The van der Waals surface area contributed by atoms with Crippen LogP contribution in [0.15, 0.2) is 40.8 Å². The Hall–Kier alpha value is -5.11. The van der Waals surface area contributed by atoms with E-state index in [1.165, 1.54) is 31.8 Å². The number of thiophene rings is 1. The lowest BCUT2D eigenvalue weighted by atomic mass is 9.96. The lowest BCUT2D eigenvalue weighted by Gasteiger charge is -2.19. The molecule has 6 rings (SSSR count). The summed E-state index contributed by atoms with van der Waals surface area (Å²) >= 11 is 1.30. The maximum absolute atomic E-state index is 13.7. The second-order valence-corrected chi connectivity index (χ2v) is 11.2. The van der Waals surface area contributed by atoms with Gasteiger partial charge in [-0.3, -0.25) is 4.79 Å². The van der Waals surface area contributed by atoms with Crippen LogP contribution in [0.5, 0.6) is 23.0 Å². The lowest BCUT2D eigenvalue weighted by molar-refractivity contribution is -0.135. The van der Waals surface area contributed by atoms with Gasteiger partial charge in [0.2, 0.25) is 18.3 Å². The van der Waals surface area contributed by atoms with Crippen molar-refractivity contribution in [2.45, 2.75) is 39.7 Å². The number of pyridine rings is 1. The van der Waals surface area contributed by atoms with Crippen LogP contribution in [0.3, 0.4) is 0 Å². The fraction of sp³-hybridized carbons (Fsp3) is 0.323. The van der Waals surface area contributed by atoms with E-state index in [2.05, 4.69) is 20.7 Å². The number of aryl methyl sites for hydroxylation is 2. The van der Waals surface area contributed by atoms with Crippen LogP contribution in [-0.2, 0) is 20.8 Å². The molecule has 0 fully saturated rings. The molecule has 0 aliphatic carbocycles. The molecule has 0 spiro atoms. The quantitative estimate of drug-likeness (QED) is 0.152. The molecule has 1 N–H and O–H groups in total. The maximum Gasteiger partial charge on any atom is 0.356 e. The molecule has 0 bridgehead atoms. The van der Waals surface area contributed by atoms with Crippen molar-refractivity contribution in [1.29, 1.82) is 0 Å². The first-order chi connectivity index (χ1) is 21.8. The van der Waals surface area contributed by atoms with Gasteiger partial charge >= 0.3 is 5.97 Å². The number of hydrazone groups is 1. The van der Waals surface area contributed by atoms with Crippen LogP contribution in [-0.4, -0.2) is 67.1 Å². The molecule has 234 valence electrons. The van der Waals surface area contributed by atoms with Crippen molar-refractivity contribution in [1.82, 2.24) is 15.0 Å². The number of fused-ring (bicyclic) bond motifs is 2. The lowest BCUT2D eigenvalue weighted by Crippen LogP contribution is -2.20. The Labute approximate surface area is 262 Å². The third-order valence-electron chi connectivity index (χ3n) is 7.34. The van der Waals surface area contributed by atoms with E-state index < -0.39 is 18.0 Å². The van der Waals surface area contributed by atoms with Crippen LogP contribution >= 0.6 is 11.3 Å². The van der Waals surface area contributed by atoms with E-state index in [-0.39, 0.29) is 32.0 Å². The number of rotatable bonds is 10. The molecule has 14 heteroatoms. The summed E-state index contributed by atoms with van der Waals surface area (Å²) in [6.07, 6.45) is 5.21. The number of hydrogen-bond donors (Lipinski definition) is 1. The van der Waals surface area contributed by atoms with Crippen molar-refractivity contribution in [3.63, 3.8) is 0 Å². The summed E-state index contributed by atoms with van der Waals surface area (Å²) < 4.78 is 29.9. The largest absolute Gasteiger partial charge is 0.492 e. The summed E-state index contributed by atoms with van der Waals surface area (Å²) in [6.45, 7) is 5.85. The highest BCUT2D eigenvalue weighted by molar-refractivity contribution is 7.21. The first-order valence-electron chi connectivity index (χ1n) is 14.2. The van der Waals surface area contributed by atoms with Crippen molar-refractivity contribution >= 4 is 45.4 Å². The SMILES string of the molecule is CCOC(=O)C1=NOC(Cc2c(/C=N/NC(=O)c3sc4nc(C)cc(C)c4c3-n3cccc3)c(OC)c3c(c2OC)OCO3)C1. The number of carbonyl (C=O) groups excluding carboxylic acids is 2. The molecule has 3 aromatic heterocycles. The van der Waals surface area contributed by atoms with E-state index in [1.54, 1.807) is 6.92 Å². The monoisotopic (exact) mass is 633 g/mol.